The van der Waals surface area contributed by atoms with Crippen LogP contribution in [0.25, 0.3) is 10.9 Å². The number of amides is 1. The van der Waals surface area contributed by atoms with E-state index in [1.165, 1.54) is 0 Å². The van der Waals surface area contributed by atoms with E-state index in [9.17, 15) is 4.79 Å². The van der Waals surface area contributed by atoms with Gasteiger partial charge in [0.05, 0.1) is 26.3 Å². The Morgan fingerprint density at radius 2 is 1.83 bits per heavy atom. The summed E-state index contributed by atoms with van der Waals surface area (Å²) in [4.78, 5) is 26.0. The highest BCUT2D eigenvalue weighted by atomic mass is 16.5. The highest BCUT2D eigenvalue weighted by molar-refractivity contribution is 5.92. The molecule has 0 radical (unpaired) electrons. The van der Waals surface area contributed by atoms with Gasteiger partial charge in [-0.05, 0) is 24.8 Å². The number of methoxy groups -OCH3 is 2. The molecule has 154 valence electrons. The van der Waals surface area contributed by atoms with Gasteiger partial charge in [-0.25, -0.2) is 4.98 Å². The Kier molecular flexibility index (Phi) is 4.16. The van der Waals surface area contributed by atoms with E-state index >= 15 is 0 Å². The molecule has 29 heavy (non-hydrogen) atoms. The fourth-order valence-electron chi connectivity index (χ4n) is 4.63. The van der Waals surface area contributed by atoms with Crippen molar-refractivity contribution in [1.82, 2.24) is 14.9 Å². The van der Waals surface area contributed by atoms with Gasteiger partial charge in [0.2, 0.25) is 5.95 Å². The highest BCUT2D eigenvalue weighted by Gasteiger charge is 2.58. The van der Waals surface area contributed by atoms with Crippen LogP contribution in [-0.2, 0) is 9.53 Å². The summed E-state index contributed by atoms with van der Waals surface area (Å²) in [6.07, 6.45) is 1.75. The Morgan fingerprint density at radius 1 is 1.14 bits per heavy atom. The number of aromatic nitrogens is 2. The molecule has 2 aromatic rings. The molecule has 1 saturated carbocycles. The average molecular weight is 399 g/mol. The Balaban J connectivity index is 1.34. The van der Waals surface area contributed by atoms with Gasteiger partial charge in [0, 0.05) is 37.6 Å². The molecule has 6 rings (SSSR count). The molecular weight excluding hydrogens is 374 g/mol. The number of nitrogen functional groups attached to an aromatic ring is 1. The number of rotatable bonds is 4. The van der Waals surface area contributed by atoms with Gasteiger partial charge in [0.1, 0.15) is 11.4 Å². The molecule has 3 aliphatic heterocycles. The second-order valence-electron chi connectivity index (χ2n) is 7.99. The Morgan fingerprint density at radius 3 is 2.45 bits per heavy atom. The first-order valence-corrected chi connectivity index (χ1v) is 9.90. The summed E-state index contributed by atoms with van der Waals surface area (Å²) in [7, 11) is 3.17. The summed E-state index contributed by atoms with van der Waals surface area (Å²) in [6, 6.07) is 3.59. The van der Waals surface area contributed by atoms with Crippen molar-refractivity contribution < 1.29 is 19.0 Å². The molecule has 0 unspecified atom stereocenters. The average Bonchev–Trinajstić information content (AvgIpc) is 3.34. The van der Waals surface area contributed by atoms with Crippen molar-refractivity contribution in [3.63, 3.8) is 0 Å². The van der Waals surface area contributed by atoms with Crippen molar-refractivity contribution in [2.45, 2.75) is 18.4 Å². The number of nitrogens with two attached hydrogens (primary N) is 1. The highest BCUT2D eigenvalue weighted by Crippen LogP contribution is 2.49. The normalized spacial score (nSPS) is 25.8. The van der Waals surface area contributed by atoms with Gasteiger partial charge in [-0.2, -0.15) is 4.98 Å². The molecule has 4 fully saturated rings. The second-order valence-corrected chi connectivity index (χ2v) is 7.99. The standard InChI is InChI=1S/C20H25N5O4/c1-27-15-7-13-14(8-16(15)28-2)22-19(23-17(13)21)25-5-3-24(4-6-25)18(26)20-9-12(10-20)11-29-20/h7-8,12H,3-6,9-11H2,1-2H3,(H2,21,22,23). The van der Waals surface area contributed by atoms with Crippen LogP contribution in [0.3, 0.4) is 0 Å². The molecule has 0 spiro atoms. The fraction of sp³-hybridized carbons (Fsp3) is 0.550. The number of nitrogens with zero attached hydrogens (tertiary/aromatic N) is 4. The van der Waals surface area contributed by atoms with Crippen LogP contribution in [0.1, 0.15) is 12.8 Å². The van der Waals surface area contributed by atoms with Crippen LogP contribution < -0.4 is 20.1 Å². The lowest BCUT2D eigenvalue weighted by Crippen LogP contribution is -2.58. The van der Waals surface area contributed by atoms with Gasteiger partial charge < -0.3 is 29.7 Å². The first kappa shape index (κ1) is 18.2. The third kappa shape index (κ3) is 2.83. The summed E-state index contributed by atoms with van der Waals surface area (Å²) >= 11 is 0. The van der Waals surface area contributed by atoms with Crippen molar-refractivity contribution in [2.24, 2.45) is 5.92 Å². The predicted molar refractivity (Wildman–Crippen MR) is 107 cm³/mol. The minimum Gasteiger partial charge on any atom is -0.493 e. The van der Waals surface area contributed by atoms with Gasteiger partial charge in [-0.1, -0.05) is 0 Å². The summed E-state index contributed by atoms with van der Waals surface area (Å²) < 4.78 is 16.5. The SMILES string of the molecule is COc1cc2nc(N3CCN(C(=O)C45CC(CO4)C5)CC3)nc(N)c2cc1OC. The number of carbonyl (C=O) groups excluding carboxylic acids is 1. The van der Waals surface area contributed by atoms with Gasteiger partial charge in [0.15, 0.2) is 11.5 Å². The second kappa shape index (κ2) is 6.62. The van der Waals surface area contributed by atoms with E-state index in [1.807, 2.05) is 4.90 Å². The molecule has 4 aliphatic rings. The van der Waals surface area contributed by atoms with Crippen LogP contribution in [0.2, 0.25) is 0 Å². The summed E-state index contributed by atoms with van der Waals surface area (Å²) in [6.45, 7) is 3.29. The van der Waals surface area contributed by atoms with E-state index in [-0.39, 0.29) is 5.91 Å². The predicted octanol–water partition coefficient (Wildman–Crippen LogP) is 1.06. The van der Waals surface area contributed by atoms with Gasteiger partial charge in [-0.15, -0.1) is 0 Å². The van der Waals surface area contributed by atoms with Crippen molar-refractivity contribution in [2.75, 3.05) is 57.6 Å². The van der Waals surface area contributed by atoms with Crippen molar-refractivity contribution in [1.29, 1.82) is 0 Å². The Bertz CT molecular complexity index is 961. The zero-order valence-corrected chi connectivity index (χ0v) is 16.7. The molecule has 4 heterocycles. The maximum atomic E-state index is 12.9. The molecule has 0 atom stereocenters. The number of hydrogen-bond acceptors (Lipinski definition) is 8. The van der Waals surface area contributed by atoms with Gasteiger partial charge in [-0.3, -0.25) is 4.79 Å². The summed E-state index contributed by atoms with van der Waals surface area (Å²) in [5, 5.41) is 0.720. The maximum Gasteiger partial charge on any atom is 0.254 e. The Labute approximate surface area is 168 Å². The number of fused-ring (bicyclic) bond motifs is 2. The zero-order valence-electron chi connectivity index (χ0n) is 16.7. The first-order chi connectivity index (χ1) is 14.0. The number of benzene rings is 1. The lowest BCUT2D eigenvalue weighted by molar-refractivity contribution is -0.155. The van der Waals surface area contributed by atoms with Crippen molar-refractivity contribution in [3.05, 3.63) is 12.1 Å². The van der Waals surface area contributed by atoms with Crippen LogP contribution in [0.4, 0.5) is 11.8 Å². The third-order valence-corrected chi connectivity index (χ3v) is 6.29. The Hall–Kier alpha value is -2.81. The minimum absolute atomic E-state index is 0.140. The smallest absolute Gasteiger partial charge is 0.254 e. The fourth-order valence-corrected chi connectivity index (χ4v) is 4.63. The summed E-state index contributed by atoms with van der Waals surface area (Å²) in [5.74, 6) is 2.85. The van der Waals surface area contributed by atoms with E-state index in [2.05, 4.69) is 14.9 Å². The third-order valence-electron chi connectivity index (χ3n) is 6.29. The molecule has 1 aromatic carbocycles. The van der Waals surface area contributed by atoms with Crippen LogP contribution in [0, 0.1) is 5.92 Å². The zero-order chi connectivity index (χ0) is 20.2. The maximum absolute atomic E-state index is 12.9. The number of ether oxygens (including phenoxy) is 3. The lowest BCUT2D eigenvalue weighted by Gasteiger charge is -2.42. The topological polar surface area (TPSA) is 103 Å². The van der Waals surface area contributed by atoms with E-state index in [4.69, 9.17) is 19.9 Å². The monoisotopic (exact) mass is 399 g/mol. The molecule has 1 aliphatic carbocycles. The van der Waals surface area contributed by atoms with E-state index in [0.717, 1.165) is 24.8 Å². The number of hydrogen-bond donors (Lipinski definition) is 1. The van der Waals surface area contributed by atoms with Crippen LogP contribution >= 0.6 is 0 Å². The molecule has 1 aromatic heterocycles. The molecule has 9 nitrogen and oxygen atoms in total. The van der Waals surface area contributed by atoms with Crippen LogP contribution in [0.15, 0.2) is 12.1 Å². The molecule has 9 heteroatoms. The largest absolute Gasteiger partial charge is 0.493 e. The minimum atomic E-state index is -0.535. The van der Waals surface area contributed by atoms with Crippen LogP contribution in [-0.4, -0.2) is 73.4 Å². The first-order valence-electron chi connectivity index (χ1n) is 9.90. The molecule has 1 amide bonds. The number of anilines is 2. The van der Waals surface area contributed by atoms with Gasteiger partial charge >= 0.3 is 0 Å². The van der Waals surface area contributed by atoms with Crippen molar-refractivity contribution in [3.8, 4) is 11.5 Å². The molecule has 2 bridgehead atoms. The number of piperazine rings is 1. The van der Waals surface area contributed by atoms with Gasteiger partial charge in [0.25, 0.3) is 5.91 Å². The van der Waals surface area contributed by atoms with E-state index < -0.39 is 5.60 Å². The summed E-state index contributed by atoms with van der Waals surface area (Å²) in [5.41, 5.74) is 6.37. The van der Waals surface area contributed by atoms with Crippen LogP contribution in [0.5, 0.6) is 11.5 Å². The lowest BCUT2D eigenvalue weighted by atomic mass is 9.73. The number of carbonyl (C=O) groups is 1. The molecule has 3 saturated heterocycles. The quantitative estimate of drug-likeness (QED) is 0.814. The molecular formula is C20H25N5O4. The van der Waals surface area contributed by atoms with E-state index in [1.54, 1.807) is 26.4 Å². The van der Waals surface area contributed by atoms with E-state index in [0.29, 0.717) is 60.9 Å². The molecule has 2 N–H and O–H groups in total. The van der Waals surface area contributed by atoms with Crippen molar-refractivity contribution >= 4 is 28.6 Å².